The van der Waals surface area contributed by atoms with Crippen LogP contribution in [-0.4, -0.2) is 22.2 Å². The van der Waals surface area contributed by atoms with Gasteiger partial charge in [-0.15, -0.1) is 0 Å². The third-order valence-corrected chi connectivity index (χ3v) is 2.17. The van der Waals surface area contributed by atoms with Crippen LogP contribution in [0.4, 0.5) is 0 Å². The van der Waals surface area contributed by atoms with Gasteiger partial charge in [-0.1, -0.05) is 0 Å². The second-order valence-corrected chi connectivity index (χ2v) is 3.52. The van der Waals surface area contributed by atoms with Gasteiger partial charge in [0.25, 0.3) is 0 Å². The maximum absolute atomic E-state index is 10.8. The summed E-state index contributed by atoms with van der Waals surface area (Å²) >= 11 is 0. The molecule has 80 valence electrons. The lowest BCUT2D eigenvalue weighted by Crippen LogP contribution is -2.09. The molecule has 0 saturated heterocycles. The maximum atomic E-state index is 10.8. The molecule has 1 saturated carbocycles. The smallest absolute Gasteiger partial charge is 0.358 e. The molecule has 1 fully saturated rings. The first-order chi connectivity index (χ1) is 7.20. The topological polar surface area (TPSA) is 85.4 Å². The fraction of sp³-hybridized carbons (Fsp3) is 0.400. The molecule has 1 aliphatic rings. The van der Waals surface area contributed by atoms with Gasteiger partial charge >= 0.3 is 5.97 Å². The van der Waals surface area contributed by atoms with E-state index in [1.807, 2.05) is 0 Å². The van der Waals surface area contributed by atoms with E-state index >= 15 is 0 Å². The molecule has 0 spiro atoms. The highest BCUT2D eigenvalue weighted by atomic mass is 16.5. The molecule has 0 radical (unpaired) electrons. The van der Waals surface area contributed by atoms with Crippen LogP contribution in [0.15, 0.2) is 12.3 Å². The summed E-state index contributed by atoms with van der Waals surface area (Å²) in [5.74, 6) is -0.748. The van der Waals surface area contributed by atoms with E-state index in [0.717, 1.165) is 18.4 Å². The van der Waals surface area contributed by atoms with Gasteiger partial charge in [-0.3, -0.25) is 0 Å². The van der Waals surface area contributed by atoms with Crippen LogP contribution in [0.2, 0.25) is 0 Å². The van der Waals surface area contributed by atoms with Gasteiger partial charge < -0.3 is 15.6 Å². The molecule has 0 aromatic carbocycles. The lowest BCUT2D eigenvalue weighted by atomic mass is 10.2. The second kappa shape index (κ2) is 3.86. The zero-order valence-electron chi connectivity index (χ0n) is 8.14. The van der Waals surface area contributed by atoms with Crippen molar-refractivity contribution in [1.29, 1.82) is 0 Å². The molecule has 0 amide bonds. The first-order valence-corrected chi connectivity index (χ1v) is 4.79. The van der Waals surface area contributed by atoms with E-state index in [4.69, 9.17) is 15.6 Å². The molecular weight excluding hydrogens is 196 g/mol. The van der Waals surface area contributed by atoms with Crippen molar-refractivity contribution in [2.24, 2.45) is 5.73 Å². The number of carbonyl (C=O) groups is 1. The number of nitrogens with two attached hydrogens (primary N) is 1. The monoisotopic (exact) mass is 208 g/mol. The summed E-state index contributed by atoms with van der Waals surface area (Å²) in [4.78, 5) is 14.7. The van der Waals surface area contributed by atoms with Crippen molar-refractivity contribution in [3.8, 4) is 5.75 Å². The van der Waals surface area contributed by atoms with Crippen molar-refractivity contribution < 1.29 is 14.6 Å². The van der Waals surface area contributed by atoms with E-state index < -0.39 is 5.97 Å². The van der Waals surface area contributed by atoms with Gasteiger partial charge in [0, 0.05) is 12.7 Å². The highest BCUT2D eigenvalue weighted by Crippen LogP contribution is 2.28. The summed E-state index contributed by atoms with van der Waals surface area (Å²) in [6, 6.07) is 1.65. The maximum Gasteiger partial charge on any atom is 0.358 e. The molecule has 1 aliphatic carbocycles. The van der Waals surface area contributed by atoms with Crippen molar-refractivity contribution in [2.75, 3.05) is 0 Å². The zero-order chi connectivity index (χ0) is 10.8. The number of rotatable bonds is 4. The van der Waals surface area contributed by atoms with Crippen molar-refractivity contribution in [2.45, 2.75) is 25.5 Å². The minimum atomic E-state index is -1.07. The molecular formula is C10H12N2O3. The van der Waals surface area contributed by atoms with Gasteiger partial charge in [0.1, 0.15) is 0 Å². The Morgan fingerprint density at radius 3 is 2.93 bits per heavy atom. The highest BCUT2D eigenvalue weighted by Gasteiger charge is 2.26. The molecule has 5 heteroatoms. The summed E-state index contributed by atoms with van der Waals surface area (Å²) < 4.78 is 5.46. The third kappa shape index (κ3) is 2.24. The molecule has 5 nitrogen and oxygen atoms in total. The van der Waals surface area contributed by atoms with Gasteiger partial charge in [-0.25, -0.2) is 9.78 Å². The van der Waals surface area contributed by atoms with Crippen molar-refractivity contribution in [3.05, 3.63) is 23.5 Å². The summed E-state index contributed by atoms with van der Waals surface area (Å²) in [6.45, 7) is 0.327. The normalized spacial score (nSPS) is 15.0. The van der Waals surface area contributed by atoms with Crippen LogP contribution in [0.5, 0.6) is 5.75 Å². The third-order valence-electron chi connectivity index (χ3n) is 2.17. The van der Waals surface area contributed by atoms with Crippen molar-refractivity contribution >= 4 is 5.97 Å². The molecule has 2 rings (SSSR count). The Hall–Kier alpha value is -1.62. The summed E-state index contributed by atoms with van der Waals surface area (Å²) in [7, 11) is 0. The van der Waals surface area contributed by atoms with E-state index in [2.05, 4.69) is 4.98 Å². The molecule has 0 unspecified atom stereocenters. The average Bonchev–Trinajstić information content (AvgIpc) is 3.01. The quantitative estimate of drug-likeness (QED) is 0.763. The Kier molecular flexibility index (Phi) is 2.55. The fourth-order valence-corrected chi connectivity index (χ4v) is 1.21. The Balaban J connectivity index is 2.30. The van der Waals surface area contributed by atoms with Gasteiger partial charge in [0.2, 0.25) is 0 Å². The number of aromatic carboxylic acids is 1. The summed E-state index contributed by atoms with van der Waals surface area (Å²) in [5.41, 5.74) is 6.18. The minimum Gasteiger partial charge on any atom is -0.488 e. The van der Waals surface area contributed by atoms with Crippen LogP contribution in [-0.2, 0) is 6.54 Å². The molecule has 1 aromatic rings. The second-order valence-electron chi connectivity index (χ2n) is 3.52. The van der Waals surface area contributed by atoms with Crippen LogP contribution in [0, 0.1) is 0 Å². The molecule has 3 N–H and O–H groups in total. The Bertz CT molecular complexity index is 388. The number of carboxylic acid groups (broad SMARTS) is 1. The number of ether oxygens (including phenoxy) is 1. The minimum absolute atomic E-state index is 0.0425. The first kappa shape index (κ1) is 9.92. The van der Waals surface area contributed by atoms with Gasteiger partial charge in [-0.05, 0) is 24.5 Å². The Labute approximate surface area is 86.9 Å². The van der Waals surface area contributed by atoms with E-state index in [1.165, 1.54) is 6.20 Å². The Morgan fingerprint density at radius 2 is 2.40 bits per heavy atom. The van der Waals surface area contributed by atoms with Crippen molar-refractivity contribution in [3.63, 3.8) is 0 Å². The standard InChI is InChI=1S/C10H12N2O3/c11-4-6-3-8(15-7-1-2-7)9(10(13)14)12-5-6/h3,5,7H,1-2,4,11H2,(H,13,14). The summed E-state index contributed by atoms with van der Waals surface area (Å²) in [5, 5.41) is 8.89. The van der Waals surface area contributed by atoms with Crippen LogP contribution >= 0.6 is 0 Å². The number of aromatic nitrogens is 1. The van der Waals surface area contributed by atoms with E-state index in [9.17, 15) is 4.79 Å². The van der Waals surface area contributed by atoms with Gasteiger partial charge in [-0.2, -0.15) is 0 Å². The molecule has 0 atom stereocenters. The molecule has 15 heavy (non-hydrogen) atoms. The number of pyridine rings is 1. The Morgan fingerprint density at radius 1 is 1.67 bits per heavy atom. The highest BCUT2D eigenvalue weighted by molar-refractivity contribution is 5.88. The average molecular weight is 208 g/mol. The molecule has 1 heterocycles. The number of nitrogens with zero attached hydrogens (tertiary/aromatic N) is 1. The van der Waals surface area contributed by atoms with E-state index in [-0.39, 0.29) is 11.8 Å². The van der Waals surface area contributed by atoms with Crippen LogP contribution in [0.3, 0.4) is 0 Å². The van der Waals surface area contributed by atoms with E-state index in [1.54, 1.807) is 6.07 Å². The number of hydrogen-bond acceptors (Lipinski definition) is 4. The van der Waals surface area contributed by atoms with Gasteiger partial charge in [0.15, 0.2) is 11.4 Å². The largest absolute Gasteiger partial charge is 0.488 e. The predicted octanol–water partition coefficient (Wildman–Crippen LogP) is 0.780. The van der Waals surface area contributed by atoms with Crippen LogP contribution in [0.1, 0.15) is 28.9 Å². The molecule has 0 aliphatic heterocycles. The fourth-order valence-electron chi connectivity index (χ4n) is 1.21. The zero-order valence-corrected chi connectivity index (χ0v) is 8.14. The lowest BCUT2D eigenvalue weighted by Gasteiger charge is -2.08. The SMILES string of the molecule is NCc1cnc(C(=O)O)c(OC2CC2)c1. The predicted molar refractivity (Wildman–Crippen MR) is 52.7 cm³/mol. The van der Waals surface area contributed by atoms with Crippen LogP contribution in [0.25, 0.3) is 0 Å². The number of carboxylic acids is 1. The van der Waals surface area contributed by atoms with Gasteiger partial charge in [0.05, 0.1) is 6.10 Å². The first-order valence-electron chi connectivity index (χ1n) is 4.79. The molecule has 1 aromatic heterocycles. The van der Waals surface area contributed by atoms with E-state index in [0.29, 0.717) is 12.3 Å². The molecule has 0 bridgehead atoms. The van der Waals surface area contributed by atoms with Crippen molar-refractivity contribution in [1.82, 2.24) is 4.98 Å². The van der Waals surface area contributed by atoms with Crippen LogP contribution < -0.4 is 10.5 Å². The lowest BCUT2D eigenvalue weighted by molar-refractivity contribution is 0.0685. The number of hydrogen-bond donors (Lipinski definition) is 2. The summed E-state index contributed by atoms with van der Waals surface area (Å²) in [6.07, 6.45) is 3.57.